The first-order valence-electron chi connectivity index (χ1n) is 7.93. The molecule has 5 nitrogen and oxygen atoms in total. The molecule has 1 aromatic heterocycles. The molecule has 0 unspecified atom stereocenters. The number of nitrogens with one attached hydrogen (secondary N) is 1. The molecule has 120 valence electrons. The summed E-state index contributed by atoms with van der Waals surface area (Å²) < 4.78 is 10.9. The topological polar surface area (TPSA) is 46.6 Å². The van der Waals surface area contributed by atoms with E-state index in [9.17, 15) is 0 Å². The summed E-state index contributed by atoms with van der Waals surface area (Å²) in [6.07, 6.45) is 1.09. The van der Waals surface area contributed by atoms with Gasteiger partial charge in [-0.15, -0.1) is 0 Å². The Bertz CT molecular complexity index is 364. The Balaban J connectivity index is 2.65. The number of rotatable bonds is 12. The van der Waals surface area contributed by atoms with Crippen LogP contribution in [-0.4, -0.2) is 51.0 Å². The van der Waals surface area contributed by atoms with Crippen molar-refractivity contribution >= 4 is 11.6 Å². The van der Waals surface area contributed by atoms with Crippen LogP contribution in [0.1, 0.15) is 27.2 Å². The number of aromatic nitrogens is 1. The summed E-state index contributed by atoms with van der Waals surface area (Å²) in [4.78, 5) is 6.88. The molecule has 5 heteroatoms. The summed E-state index contributed by atoms with van der Waals surface area (Å²) >= 11 is 0. The van der Waals surface area contributed by atoms with E-state index in [0.29, 0.717) is 13.2 Å². The Morgan fingerprint density at radius 2 is 1.71 bits per heavy atom. The maximum absolute atomic E-state index is 5.46. The van der Waals surface area contributed by atoms with Gasteiger partial charge in [0.2, 0.25) is 0 Å². The van der Waals surface area contributed by atoms with Crippen LogP contribution >= 0.6 is 0 Å². The van der Waals surface area contributed by atoms with Gasteiger partial charge < -0.3 is 19.7 Å². The Kier molecular flexibility index (Phi) is 9.57. The zero-order valence-corrected chi connectivity index (χ0v) is 13.6. The summed E-state index contributed by atoms with van der Waals surface area (Å²) in [5, 5.41) is 3.32. The Labute approximate surface area is 128 Å². The fourth-order valence-corrected chi connectivity index (χ4v) is 1.93. The molecule has 0 aliphatic carbocycles. The lowest BCUT2D eigenvalue weighted by molar-refractivity contribution is 0.141. The van der Waals surface area contributed by atoms with Crippen molar-refractivity contribution in [2.75, 3.05) is 56.3 Å². The Morgan fingerprint density at radius 3 is 2.29 bits per heavy atom. The van der Waals surface area contributed by atoms with Gasteiger partial charge in [-0.1, -0.05) is 13.0 Å². The number of ether oxygens (including phenoxy) is 2. The second-order valence-corrected chi connectivity index (χ2v) is 4.69. The molecule has 0 amide bonds. The van der Waals surface area contributed by atoms with Gasteiger partial charge in [0.15, 0.2) is 0 Å². The molecular formula is C16H29N3O2. The lowest BCUT2D eigenvalue weighted by Crippen LogP contribution is -2.32. The molecule has 0 spiro atoms. The third-order valence-electron chi connectivity index (χ3n) is 3.03. The molecule has 21 heavy (non-hydrogen) atoms. The monoisotopic (exact) mass is 295 g/mol. The molecule has 0 aliphatic rings. The van der Waals surface area contributed by atoms with Crippen molar-refractivity contribution in [3.8, 4) is 0 Å². The van der Waals surface area contributed by atoms with Gasteiger partial charge in [0.25, 0.3) is 0 Å². The summed E-state index contributed by atoms with van der Waals surface area (Å²) in [6.45, 7) is 11.7. The highest BCUT2D eigenvalue weighted by Crippen LogP contribution is 2.14. The van der Waals surface area contributed by atoms with Crippen LogP contribution in [0.5, 0.6) is 0 Å². The first-order valence-corrected chi connectivity index (χ1v) is 7.93. The van der Waals surface area contributed by atoms with Crippen molar-refractivity contribution in [2.24, 2.45) is 0 Å². The van der Waals surface area contributed by atoms with Gasteiger partial charge in [-0.05, 0) is 32.4 Å². The average molecular weight is 295 g/mol. The van der Waals surface area contributed by atoms with Gasteiger partial charge in [0.05, 0.1) is 13.2 Å². The molecule has 1 aromatic rings. The molecule has 1 rings (SSSR count). The highest BCUT2D eigenvalue weighted by atomic mass is 16.5. The summed E-state index contributed by atoms with van der Waals surface area (Å²) in [5.41, 5.74) is 0. The van der Waals surface area contributed by atoms with Crippen LogP contribution in [0.25, 0.3) is 0 Å². The Morgan fingerprint density at radius 1 is 1.05 bits per heavy atom. The highest BCUT2D eigenvalue weighted by Gasteiger charge is 2.08. The number of anilines is 2. The molecule has 0 bridgehead atoms. The van der Waals surface area contributed by atoms with Gasteiger partial charge in [0, 0.05) is 32.8 Å². The fourth-order valence-electron chi connectivity index (χ4n) is 1.93. The standard InChI is InChI=1S/C16H29N3O2/c1-4-10-17-15-8-7-9-16(18-15)19(11-13-20-5-2)12-14-21-6-3/h7-9H,4-6,10-14H2,1-3H3,(H,17,18). The number of pyridine rings is 1. The molecule has 0 aliphatic heterocycles. The van der Waals surface area contributed by atoms with E-state index in [1.165, 1.54) is 0 Å². The van der Waals surface area contributed by atoms with Crippen LogP contribution in [0, 0.1) is 0 Å². The van der Waals surface area contributed by atoms with Crippen LogP contribution in [0.4, 0.5) is 11.6 Å². The van der Waals surface area contributed by atoms with E-state index < -0.39 is 0 Å². The smallest absolute Gasteiger partial charge is 0.131 e. The molecule has 1 N–H and O–H groups in total. The van der Waals surface area contributed by atoms with Gasteiger partial charge >= 0.3 is 0 Å². The van der Waals surface area contributed by atoms with Crippen LogP contribution < -0.4 is 10.2 Å². The SMILES string of the molecule is CCCNc1cccc(N(CCOCC)CCOCC)n1. The van der Waals surface area contributed by atoms with Crippen molar-refractivity contribution in [3.63, 3.8) is 0 Å². The summed E-state index contributed by atoms with van der Waals surface area (Å²) in [5.74, 6) is 1.89. The largest absolute Gasteiger partial charge is 0.380 e. The molecule has 0 fully saturated rings. The molecule has 0 saturated carbocycles. The summed E-state index contributed by atoms with van der Waals surface area (Å²) in [7, 11) is 0. The quantitative estimate of drug-likeness (QED) is 0.601. The zero-order valence-electron chi connectivity index (χ0n) is 13.6. The molecular weight excluding hydrogens is 266 g/mol. The van der Waals surface area contributed by atoms with Crippen molar-refractivity contribution in [1.29, 1.82) is 0 Å². The first-order chi connectivity index (χ1) is 10.3. The van der Waals surface area contributed by atoms with E-state index in [1.54, 1.807) is 0 Å². The number of nitrogens with zero attached hydrogens (tertiary/aromatic N) is 2. The maximum atomic E-state index is 5.46. The van der Waals surface area contributed by atoms with E-state index in [1.807, 2.05) is 32.0 Å². The molecule has 0 aromatic carbocycles. The highest BCUT2D eigenvalue weighted by molar-refractivity contribution is 5.47. The molecule has 0 atom stereocenters. The predicted octanol–water partition coefficient (Wildman–Crippen LogP) is 2.78. The summed E-state index contributed by atoms with van der Waals surface area (Å²) in [6, 6.07) is 6.08. The fraction of sp³-hybridized carbons (Fsp3) is 0.688. The number of hydrogen-bond acceptors (Lipinski definition) is 5. The Hall–Kier alpha value is -1.33. The third-order valence-corrected chi connectivity index (χ3v) is 3.03. The van der Waals surface area contributed by atoms with Crippen LogP contribution in [0.3, 0.4) is 0 Å². The lowest BCUT2D eigenvalue weighted by atomic mass is 10.3. The molecule has 1 heterocycles. The van der Waals surface area contributed by atoms with Crippen molar-refractivity contribution < 1.29 is 9.47 Å². The van der Waals surface area contributed by atoms with Gasteiger partial charge in [0.1, 0.15) is 11.6 Å². The van der Waals surface area contributed by atoms with Crippen LogP contribution in [-0.2, 0) is 9.47 Å². The molecule has 0 radical (unpaired) electrons. The van der Waals surface area contributed by atoms with Gasteiger partial charge in [-0.2, -0.15) is 0 Å². The molecule has 0 saturated heterocycles. The third kappa shape index (κ3) is 7.29. The second kappa shape index (κ2) is 11.3. The van der Waals surface area contributed by atoms with Crippen LogP contribution in [0.2, 0.25) is 0 Å². The van der Waals surface area contributed by atoms with E-state index in [2.05, 4.69) is 22.1 Å². The van der Waals surface area contributed by atoms with Gasteiger partial charge in [-0.3, -0.25) is 0 Å². The van der Waals surface area contributed by atoms with Crippen molar-refractivity contribution in [1.82, 2.24) is 4.98 Å². The predicted molar refractivity (Wildman–Crippen MR) is 88.2 cm³/mol. The van der Waals surface area contributed by atoms with Crippen molar-refractivity contribution in [3.05, 3.63) is 18.2 Å². The first kappa shape index (κ1) is 17.7. The van der Waals surface area contributed by atoms with Gasteiger partial charge in [-0.25, -0.2) is 4.98 Å². The lowest BCUT2D eigenvalue weighted by Gasteiger charge is -2.24. The van der Waals surface area contributed by atoms with Crippen LogP contribution in [0.15, 0.2) is 18.2 Å². The maximum Gasteiger partial charge on any atom is 0.131 e. The minimum absolute atomic E-state index is 0.705. The number of hydrogen-bond donors (Lipinski definition) is 1. The van der Waals surface area contributed by atoms with E-state index in [4.69, 9.17) is 9.47 Å². The minimum Gasteiger partial charge on any atom is -0.380 e. The van der Waals surface area contributed by atoms with E-state index in [0.717, 1.165) is 50.9 Å². The second-order valence-electron chi connectivity index (χ2n) is 4.69. The normalized spacial score (nSPS) is 10.6. The van der Waals surface area contributed by atoms with E-state index >= 15 is 0 Å². The van der Waals surface area contributed by atoms with E-state index in [-0.39, 0.29) is 0 Å². The average Bonchev–Trinajstić information content (AvgIpc) is 2.52. The van der Waals surface area contributed by atoms with Crippen molar-refractivity contribution in [2.45, 2.75) is 27.2 Å². The minimum atomic E-state index is 0.705. The zero-order chi connectivity index (χ0) is 15.3.